The van der Waals surface area contributed by atoms with Crippen molar-refractivity contribution in [2.75, 3.05) is 0 Å². The molecule has 2 aromatic rings. The Bertz CT molecular complexity index is 632. The molecule has 1 heterocycles. The summed E-state index contributed by atoms with van der Waals surface area (Å²) in [7, 11) is 0. The lowest BCUT2D eigenvalue weighted by atomic mass is 10.1. The Kier molecular flexibility index (Phi) is 3.24. The summed E-state index contributed by atoms with van der Waals surface area (Å²) in [6, 6.07) is 8.00. The molecule has 0 aliphatic heterocycles. The molecule has 0 amide bonds. The van der Waals surface area contributed by atoms with E-state index in [4.69, 9.17) is 10.00 Å². The quantitative estimate of drug-likeness (QED) is 0.809. The fourth-order valence-corrected chi connectivity index (χ4v) is 1.58. The normalized spacial score (nSPS) is 9.89. The van der Waals surface area contributed by atoms with Crippen LogP contribution in [-0.2, 0) is 0 Å². The van der Waals surface area contributed by atoms with Crippen molar-refractivity contribution in [2.45, 2.75) is 13.8 Å². The minimum atomic E-state index is -0.322. The second kappa shape index (κ2) is 4.84. The average molecular weight is 242 g/mol. The summed E-state index contributed by atoms with van der Waals surface area (Å²) in [5, 5.41) is 9.06. The number of aromatic nitrogens is 1. The number of benzene rings is 1. The summed E-state index contributed by atoms with van der Waals surface area (Å²) in [5.74, 6) is 0.413. The SMILES string of the molecule is Cc1cc(F)ccc1Oc1nccc(C)c1C#N. The van der Waals surface area contributed by atoms with Crippen LogP contribution in [0.1, 0.15) is 16.7 Å². The predicted molar refractivity (Wildman–Crippen MR) is 64.9 cm³/mol. The third kappa shape index (κ3) is 2.30. The first-order chi connectivity index (χ1) is 8.61. The minimum Gasteiger partial charge on any atom is -0.437 e. The van der Waals surface area contributed by atoms with Gasteiger partial charge in [0.1, 0.15) is 23.2 Å². The molecule has 90 valence electrons. The van der Waals surface area contributed by atoms with Gasteiger partial charge in [0.15, 0.2) is 0 Å². The smallest absolute Gasteiger partial charge is 0.237 e. The molecule has 0 saturated heterocycles. The molecule has 0 unspecified atom stereocenters. The number of pyridine rings is 1. The Labute approximate surface area is 104 Å². The summed E-state index contributed by atoms with van der Waals surface area (Å²) < 4.78 is 18.5. The van der Waals surface area contributed by atoms with E-state index in [2.05, 4.69) is 11.1 Å². The van der Waals surface area contributed by atoms with Gasteiger partial charge in [0.2, 0.25) is 5.88 Å². The van der Waals surface area contributed by atoms with Gasteiger partial charge in [0.05, 0.1) is 0 Å². The summed E-state index contributed by atoms with van der Waals surface area (Å²) >= 11 is 0. The molecule has 0 saturated carbocycles. The van der Waals surface area contributed by atoms with Gasteiger partial charge < -0.3 is 4.74 Å². The average Bonchev–Trinajstić information content (AvgIpc) is 2.33. The van der Waals surface area contributed by atoms with Crippen LogP contribution in [0, 0.1) is 31.0 Å². The van der Waals surface area contributed by atoms with Crippen molar-refractivity contribution in [3.63, 3.8) is 0 Å². The van der Waals surface area contributed by atoms with Gasteiger partial charge in [0.25, 0.3) is 0 Å². The molecule has 4 heteroatoms. The molecule has 3 nitrogen and oxygen atoms in total. The lowest BCUT2D eigenvalue weighted by Gasteiger charge is -2.09. The number of rotatable bonds is 2. The molecule has 18 heavy (non-hydrogen) atoms. The number of halogens is 1. The van der Waals surface area contributed by atoms with Crippen molar-refractivity contribution in [1.82, 2.24) is 4.98 Å². The van der Waals surface area contributed by atoms with E-state index in [-0.39, 0.29) is 11.7 Å². The Morgan fingerprint density at radius 1 is 1.22 bits per heavy atom. The largest absolute Gasteiger partial charge is 0.437 e. The third-order valence-corrected chi connectivity index (χ3v) is 2.58. The summed E-state index contributed by atoms with van der Waals surface area (Å²) in [6.45, 7) is 3.55. The summed E-state index contributed by atoms with van der Waals surface area (Å²) in [4.78, 5) is 4.03. The van der Waals surface area contributed by atoms with Gasteiger partial charge in [-0.25, -0.2) is 9.37 Å². The molecule has 1 aromatic heterocycles. The first-order valence-corrected chi connectivity index (χ1v) is 5.41. The van der Waals surface area contributed by atoms with Gasteiger partial charge >= 0.3 is 0 Å². The van der Waals surface area contributed by atoms with Crippen molar-refractivity contribution in [1.29, 1.82) is 5.26 Å². The molecule has 0 spiro atoms. The van der Waals surface area contributed by atoms with Gasteiger partial charge in [0, 0.05) is 6.20 Å². The standard InChI is InChI=1S/C14H11FN2O/c1-9-5-6-17-14(12(9)8-16)18-13-4-3-11(15)7-10(13)2/h3-7H,1-2H3. The van der Waals surface area contributed by atoms with Crippen LogP contribution in [0.25, 0.3) is 0 Å². The van der Waals surface area contributed by atoms with E-state index >= 15 is 0 Å². The van der Waals surface area contributed by atoms with E-state index in [0.717, 1.165) is 5.56 Å². The number of nitriles is 1. The highest BCUT2D eigenvalue weighted by molar-refractivity contribution is 5.46. The fraction of sp³-hybridized carbons (Fsp3) is 0.143. The van der Waals surface area contributed by atoms with Crippen molar-refractivity contribution >= 4 is 0 Å². The molecule has 2 rings (SSSR count). The lowest BCUT2D eigenvalue weighted by Crippen LogP contribution is -1.95. The second-order valence-corrected chi connectivity index (χ2v) is 3.93. The molecule has 0 aliphatic carbocycles. The Balaban J connectivity index is 2.41. The van der Waals surface area contributed by atoms with Crippen LogP contribution < -0.4 is 4.74 Å². The van der Waals surface area contributed by atoms with Gasteiger partial charge in [-0.1, -0.05) is 0 Å². The van der Waals surface area contributed by atoms with E-state index in [1.807, 2.05) is 6.92 Å². The second-order valence-electron chi connectivity index (χ2n) is 3.93. The zero-order valence-corrected chi connectivity index (χ0v) is 10.1. The van der Waals surface area contributed by atoms with E-state index in [0.29, 0.717) is 16.9 Å². The van der Waals surface area contributed by atoms with Gasteiger partial charge in [-0.2, -0.15) is 5.26 Å². The number of hydrogen-bond donors (Lipinski definition) is 0. The van der Waals surface area contributed by atoms with Crippen LogP contribution in [0.15, 0.2) is 30.5 Å². The van der Waals surface area contributed by atoms with Crippen molar-refractivity contribution in [2.24, 2.45) is 0 Å². The van der Waals surface area contributed by atoms with Gasteiger partial charge in [-0.05, 0) is 49.2 Å². The highest BCUT2D eigenvalue weighted by Crippen LogP contribution is 2.27. The Morgan fingerprint density at radius 3 is 2.67 bits per heavy atom. The Hall–Kier alpha value is -2.41. The van der Waals surface area contributed by atoms with E-state index in [1.165, 1.54) is 18.2 Å². The van der Waals surface area contributed by atoms with Crippen LogP contribution in [-0.4, -0.2) is 4.98 Å². The summed E-state index contributed by atoms with van der Waals surface area (Å²) in [6.07, 6.45) is 1.57. The van der Waals surface area contributed by atoms with Crippen LogP contribution in [0.5, 0.6) is 11.6 Å². The number of hydrogen-bond acceptors (Lipinski definition) is 3. The minimum absolute atomic E-state index is 0.243. The van der Waals surface area contributed by atoms with Gasteiger partial charge in [-0.3, -0.25) is 0 Å². The van der Waals surface area contributed by atoms with E-state index < -0.39 is 0 Å². The van der Waals surface area contributed by atoms with Crippen molar-refractivity contribution in [3.8, 4) is 17.7 Å². The lowest BCUT2D eigenvalue weighted by molar-refractivity contribution is 0.455. The highest BCUT2D eigenvalue weighted by Gasteiger charge is 2.10. The zero-order chi connectivity index (χ0) is 13.1. The maximum absolute atomic E-state index is 13.0. The molecule has 0 aliphatic rings. The van der Waals surface area contributed by atoms with Crippen molar-refractivity contribution < 1.29 is 9.13 Å². The highest BCUT2D eigenvalue weighted by atomic mass is 19.1. The maximum Gasteiger partial charge on any atom is 0.237 e. The van der Waals surface area contributed by atoms with E-state index in [1.54, 1.807) is 19.2 Å². The van der Waals surface area contributed by atoms with Crippen LogP contribution in [0.4, 0.5) is 4.39 Å². The molecular weight excluding hydrogens is 231 g/mol. The van der Waals surface area contributed by atoms with Crippen LogP contribution >= 0.6 is 0 Å². The van der Waals surface area contributed by atoms with E-state index in [9.17, 15) is 4.39 Å². The van der Waals surface area contributed by atoms with Gasteiger partial charge in [-0.15, -0.1) is 0 Å². The number of nitrogens with zero attached hydrogens (tertiary/aromatic N) is 2. The monoisotopic (exact) mass is 242 g/mol. The van der Waals surface area contributed by atoms with Crippen LogP contribution in [0.2, 0.25) is 0 Å². The topological polar surface area (TPSA) is 45.9 Å². The molecule has 0 radical (unpaired) electrons. The fourth-order valence-electron chi connectivity index (χ4n) is 1.58. The molecule has 0 bridgehead atoms. The summed E-state index contributed by atoms with van der Waals surface area (Å²) in [5.41, 5.74) is 1.84. The number of ether oxygens (including phenoxy) is 1. The molecular formula is C14H11FN2O. The van der Waals surface area contributed by atoms with Crippen LogP contribution in [0.3, 0.4) is 0 Å². The molecule has 1 aromatic carbocycles. The van der Waals surface area contributed by atoms with Crippen molar-refractivity contribution in [3.05, 3.63) is 53.0 Å². The number of aryl methyl sites for hydroxylation is 2. The Morgan fingerprint density at radius 2 is 2.00 bits per heavy atom. The molecule has 0 fully saturated rings. The molecule has 0 atom stereocenters. The third-order valence-electron chi connectivity index (χ3n) is 2.58. The predicted octanol–water partition coefficient (Wildman–Crippen LogP) is 3.50. The first kappa shape index (κ1) is 12.1. The first-order valence-electron chi connectivity index (χ1n) is 5.41. The molecule has 0 N–H and O–H groups in total. The maximum atomic E-state index is 13.0. The zero-order valence-electron chi connectivity index (χ0n) is 10.1.